The first kappa shape index (κ1) is 21.6. The zero-order valence-corrected chi connectivity index (χ0v) is 19.0. The number of rotatable bonds is 7. The van der Waals surface area contributed by atoms with Gasteiger partial charge in [0, 0.05) is 31.4 Å². The van der Waals surface area contributed by atoms with Crippen LogP contribution in [-0.4, -0.2) is 58.7 Å². The lowest BCUT2D eigenvalue weighted by Gasteiger charge is -2.32. The Labute approximate surface area is 195 Å². The maximum absolute atomic E-state index is 13.2. The van der Waals surface area contributed by atoms with Crippen LogP contribution in [0.15, 0.2) is 47.3 Å². The van der Waals surface area contributed by atoms with Crippen molar-refractivity contribution in [2.75, 3.05) is 31.1 Å². The lowest BCUT2D eigenvalue weighted by molar-refractivity contribution is -0.123. The van der Waals surface area contributed by atoms with Gasteiger partial charge in [-0.2, -0.15) is 5.10 Å². The number of carbonyl (C=O) groups is 2. The van der Waals surface area contributed by atoms with Crippen LogP contribution in [0.2, 0.25) is 0 Å². The number of ketones is 1. The van der Waals surface area contributed by atoms with Crippen LogP contribution in [0.4, 0.5) is 11.5 Å². The molecule has 9 nitrogen and oxygen atoms in total. The third-order valence-corrected chi connectivity index (χ3v) is 6.55. The van der Waals surface area contributed by atoms with Gasteiger partial charge in [0.05, 0.1) is 22.8 Å². The molecule has 170 valence electrons. The van der Waals surface area contributed by atoms with Gasteiger partial charge in [-0.05, 0) is 49.9 Å². The predicted octanol–water partition coefficient (Wildman–Crippen LogP) is 2.12. The topological polar surface area (TPSA) is 109 Å². The van der Waals surface area contributed by atoms with E-state index in [1.807, 2.05) is 25.1 Å². The van der Waals surface area contributed by atoms with E-state index >= 15 is 0 Å². The Morgan fingerprint density at radius 3 is 2.52 bits per heavy atom. The molecular weight excluding hydrogens is 440 g/mol. The number of carbonyl (C=O) groups excluding carboxylic acids is 2. The van der Waals surface area contributed by atoms with Crippen LogP contribution in [0, 0.1) is 12.8 Å². The summed E-state index contributed by atoms with van der Waals surface area (Å²) in [5, 5.41) is 16.5. The van der Waals surface area contributed by atoms with Gasteiger partial charge in [-0.15, -0.1) is 16.4 Å². The summed E-state index contributed by atoms with van der Waals surface area (Å²) in [6.07, 6.45) is 0.559. The molecule has 2 aromatic heterocycles. The Kier molecular flexibility index (Phi) is 5.88. The second-order valence-electron chi connectivity index (χ2n) is 8.28. The Bertz CT molecular complexity index is 1120. The molecule has 0 spiro atoms. The number of anilines is 2. The lowest BCUT2D eigenvalue weighted by Crippen LogP contribution is -2.51. The molecule has 10 heteroatoms. The van der Waals surface area contributed by atoms with Gasteiger partial charge >= 0.3 is 0 Å². The van der Waals surface area contributed by atoms with Crippen molar-refractivity contribution in [1.29, 1.82) is 0 Å². The van der Waals surface area contributed by atoms with E-state index in [4.69, 9.17) is 4.74 Å². The van der Waals surface area contributed by atoms with E-state index in [1.54, 1.807) is 34.0 Å². The van der Waals surface area contributed by atoms with Crippen LogP contribution in [0.5, 0.6) is 5.75 Å². The largest absolute Gasteiger partial charge is 0.478 e. The Morgan fingerprint density at radius 2 is 1.94 bits per heavy atom. The molecule has 0 aliphatic carbocycles. The van der Waals surface area contributed by atoms with Crippen LogP contribution in [0.1, 0.15) is 22.6 Å². The average Bonchev–Trinajstić information content (AvgIpc) is 3.48. The SMILES string of the molecule is Cc1ccc(N(C(=O)C2CNC2)c2ccc(O[C@]3(C(=O)c4cscn4)CCNC3)cc2)nn1. The Hall–Kier alpha value is -3.21. The van der Waals surface area contributed by atoms with Crippen molar-refractivity contribution in [1.82, 2.24) is 25.8 Å². The highest BCUT2D eigenvalue weighted by atomic mass is 32.1. The molecule has 33 heavy (non-hydrogen) atoms. The molecule has 2 N–H and O–H groups in total. The summed E-state index contributed by atoms with van der Waals surface area (Å²) in [4.78, 5) is 32.1. The van der Waals surface area contributed by atoms with Gasteiger partial charge < -0.3 is 15.4 Å². The highest BCUT2D eigenvalue weighted by Crippen LogP contribution is 2.32. The number of Topliss-reactive ketones (excluding diaryl/α,β-unsaturated/α-hetero) is 1. The van der Waals surface area contributed by atoms with Gasteiger partial charge in [0.1, 0.15) is 11.4 Å². The molecule has 0 radical (unpaired) electrons. The summed E-state index contributed by atoms with van der Waals surface area (Å²) in [7, 11) is 0. The normalized spacial score (nSPS) is 20.3. The highest BCUT2D eigenvalue weighted by molar-refractivity contribution is 7.07. The van der Waals surface area contributed by atoms with E-state index in [0.717, 1.165) is 5.69 Å². The summed E-state index contributed by atoms with van der Waals surface area (Å²) < 4.78 is 6.26. The first-order chi connectivity index (χ1) is 16.1. The minimum atomic E-state index is -0.995. The van der Waals surface area contributed by atoms with E-state index in [-0.39, 0.29) is 17.6 Å². The molecule has 0 saturated carbocycles. The van der Waals surface area contributed by atoms with Gasteiger partial charge in [-0.1, -0.05) is 0 Å². The van der Waals surface area contributed by atoms with Gasteiger partial charge in [0.25, 0.3) is 0 Å². The number of aryl methyl sites for hydroxylation is 1. The van der Waals surface area contributed by atoms with Gasteiger partial charge in [0.15, 0.2) is 11.4 Å². The molecule has 2 saturated heterocycles. The zero-order valence-electron chi connectivity index (χ0n) is 18.2. The van der Waals surface area contributed by atoms with Crippen LogP contribution >= 0.6 is 11.3 Å². The first-order valence-corrected chi connectivity index (χ1v) is 11.8. The maximum atomic E-state index is 13.2. The Balaban J connectivity index is 1.41. The smallest absolute Gasteiger partial charge is 0.238 e. The maximum Gasteiger partial charge on any atom is 0.238 e. The lowest BCUT2D eigenvalue weighted by atomic mass is 9.95. The minimum Gasteiger partial charge on any atom is -0.478 e. The minimum absolute atomic E-state index is 0.0317. The average molecular weight is 465 g/mol. The number of amides is 1. The van der Waals surface area contributed by atoms with Crippen molar-refractivity contribution in [2.45, 2.75) is 18.9 Å². The number of hydrogen-bond donors (Lipinski definition) is 2. The van der Waals surface area contributed by atoms with Crippen molar-refractivity contribution < 1.29 is 14.3 Å². The third kappa shape index (κ3) is 4.24. The van der Waals surface area contributed by atoms with Crippen molar-refractivity contribution in [3.05, 3.63) is 58.7 Å². The fourth-order valence-corrected chi connectivity index (χ4v) is 4.50. The van der Waals surface area contributed by atoms with Crippen molar-refractivity contribution in [2.24, 2.45) is 5.92 Å². The summed E-state index contributed by atoms with van der Waals surface area (Å²) in [5.41, 5.74) is 2.52. The number of nitrogens with zero attached hydrogens (tertiary/aromatic N) is 4. The first-order valence-electron chi connectivity index (χ1n) is 10.8. The summed E-state index contributed by atoms with van der Waals surface area (Å²) >= 11 is 1.39. The van der Waals surface area contributed by atoms with Crippen molar-refractivity contribution in [3.63, 3.8) is 0 Å². The molecule has 1 atom stereocenters. The molecule has 1 aromatic carbocycles. The quantitative estimate of drug-likeness (QED) is 0.512. The summed E-state index contributed by atoms with van der Waals surface area (Å²) in [6.45, 7) is 4.25. The predicted molar refractivity (Wildman–Crippen MR) is 124 cm³/mol. The molecular formula is C23H24N6O3S. The number of nitrogens with one attached hydrogen (secondary N) is 2. The fraction of sp³-hybridized carbons (Fsp3) is 0.348. The van der Waals surface area contributed by atoms with Crippen molar-refractivity contribution in [3.8, 4) is 5.75 Å². The number of ether oxygens (including phenoxy) is 1. The van der Waals surface area contributed by atoms with E-state index in [1.165, 1.54) is 11.3 Å². The summed E-state index contributed by atoms with van der Waals surface area (Å²) in [6, 6.07) is 10.8. The van der Waals surface area contributed by atoms with Crippen molar-refractivity contribution >= 4 is 34.5 Å². The highest BCUT2D eigenvalue weighted by Gasteiger charge is 2.45. The van der Waals surface area contributed by atoms with E-state index in [2.05, 4.69) is 25.8 Å². The monoisotopic (exact) mass is 464 g/mol. The molecule has 1 amide bonds. The second kappa shape index (κ2) is 8.97. The molecule has 4 heterocycles. The van der Waals surface area contributed by atoms with Gasteiger partial charge in [0.2, 0.25) is 11.7 Å². The van der Waals surface area contributed by atoms with Crippen LogP contribution < -0.4 is 20.3 Å². The molecule has 0 unspecified atom stereocenters. The molecule has 3 aromatic rings. The van der Waals surface area contributed by atoms with Gasteiger partial charge in [-0.3, -0.25) is 14.5 Å². The fourth-order valence-electron chi connectivity index (χ4n) is 3.97. The van der Waals surface area contributed by atoms with Crippen LogP contribution in [-0.2, 0) is 4.79 Å². The third-order valence-electron chi connectivity index (χ3n) is 5.97. The Morgan fingerprint density at radius 1 is 1.12 bits per heavy atom. The number of hydrogen-bond acceptors (Lipinski definition) is 9. The molecule has 2 aliphatic heterocycles. The standard InChI is InChI=1S/C23H24N6O3S/c1-15-2-7-20(28-27-15)29(22(31)16-10-25-11-16)17-3-5-18(6-4-17)32-23(8-9-24-13-23)21(30)19-12-33-14-26-19/h2-7,12,14,16,24-25H,8-11,13H2,1H3/t23-/m1/s1. The molecule has 5 rings (SSSR count). The van der Waals surface area contributed by atoms with E-state index in [0.29, 0.717) is 55.5 Å². The number of aromatic nitrogens is 3. The molecule has 0 bridgehead atoms. The number of benzene rings is 1. The van der Waals surface area contributed by atoms with Crippen LogP contribution in [0.25, 0.3) is 0 Å². The second-order valence-corrected chi connectivity index (χ2v) is 9.00. The van der Waals surface area contributed by atoms with E-state index in [9.17, 15) is 9.59 Å². The van der Waals surface area contributed by atoms with E-state index < -0.39 is 5.60 Å². The number of thiazole rings is 1. The van der Waals surface area contributed by atoms with Gasteiger partial charge in [-0.25, -0.2) is 4.98 Å². The molecule has 2 fully saturated rings. The zero-order chi connectivity index (χ0) is 22.8. The summed E-state index contributed by atoms with van der Waals surface area (Å²) in [5.74, 6) is 0.769. The molecule has 2 aliphatic rings. The van der Waals surface area contributed by atoms with Crippen LogP contribution in [0.3, 0.4) is 0 Å².